The van der Waals surface area contributed by atoms with Gasteiger partial charge in [0.05, 0.1) is 0 Å². The molecule has 3 aromatic rings. The van der Waals surface area contributed by atoms with Crippen molar-refractivity contribution in [3.05, 3.63) is 108 Å². The molecule has 0 spiro atoms. The van der Waals surface area contributed by atoms with Gasteiger partial charge in [-0.05, 0) is 12.8 Å². The fourth-order valence-corrected chi connectivity index (χ4v) is 5.15. The predicted octanol–water partition coefficient (Wildman–Crippen LogP) is 1.58. The Morgan fingerprint density at radius 1 is 0.656 bits per heavy atom. The van der Waals surface area contributed by atoms with Crippen LogP contribution in [0.1, 0.15) is 41.6 Å². The van der Waals surface area contributed by atoms with E-state index in [-0.39, 0.29) is 11.9 Å². The van der Waals surface area contributed by atoms with Crippen molar-refractivity contribution in [2.45, 2.75) is 31.0 Å². The summed E-state index contributed by atoms with van der Waals surface area (Å²) < 4.78 is 0. The Morgan fingerprint density at radius 2 is 1.09 bits per heavy atom. The summed E-state index contributed by atoms with van der Waals surface area (Å²) in [4.78, 5) is 16.2. The Bertz CT molecular complexity index is 957. The van der Waals surface area contributed by atoms with Crippen LogP contribution >= 0.6 is 0 Å². The van der Waals surface area contributed by atoms with E-state index in [9.17, 15) is 4.79 Å². The Labute approximate surface area is 190 Å². The van der Waals surface area contributed by atoms with Gasteiger partial charge in [0.15, 0.2) is 6.04 Å². The smallest absolute Gasteiger partial charge is 0.283 e. The predicted molar refractivity (Wildman–Crippen MR) is 126 cm³/mol. The lowest BCUT2D eigenvalue weighted by molar-refractivity contribution is -1.03. The second-order valence-electron chi connectivity index (χ2n) is 9.20. The summed E-state index contributed by atoms with van der Waals surface area (Å²) in [5, 5.41) is 3.27. The summed E-state index contributed by atoms with van der Waals surface area (Å²) in [5.41, 5.74) is 3.86. The monoisotopic (exact) mass is 427 g/mol. The average molecular weight is 428 g/mol. The molecule has 1 aliphatic heterocycles. The van der Waals surface area contributed by atoms with E-state index in [2.05, 4.69) is 90.2 Å². The minimum Gasteiger partial charge on any atom is -0.348 e. The summed E-state index contributed by atoms with van der Waals surface area (Å²) in [7, 11) is 0. The molecule has 0 radical (unpaired) electrons. The van der Waals surface area contributed by atoms with Crippen LogP contribution in [0, 0.1) is 0 Å². The van der Waals surface area contributed by atoms with Crippen LogP contribution in [0.25, 0.3) is 0 Å². The molecule has 164 valence electrons. The molecule has 4 nitrogen and oxygen atoms in total. The van der Waals surface area contributed by atoms with E-state index in [4.69, 9.17) is 0 Å². The van der Waals surface area contributed by atoms with Gasteiger partial charge in [-0.1, -0.05) is 91.0 Å². The van der Waals surface area contributed by atoms with Gasteiger partial charge in [-0.2, -0.15) is 0 Å². The number of quaternary nitrogens is 2. The Hall–Kier alpha value is -2.95. The molecule has 1 amide bonds. The van der Waals surface area contributed by atoms with E-state index in [1.54, 1.807) is 4.90 Å². The third-order valence-electron chi connectivity index (χ3n) is 6.94. The van der Waals surface area contributed by atoms with Gasteiger partial charge < -0.3 is 15.1 Å². The fraction of sp³-hybridized carbons (Fsp3) is 0.321. The van der Waals surface area contributed by atoms with Crippen LogP contribution in [0.5, 0.6) is 0 Å². The molecule has 4 heteroatoms. The van der Waals surface area contributed by atoms with Gasteiger partial charge in [-0.25, -0.2) is 0 Å². The van der Waals surface area contributed by atoms with Gasteiger partial charge in [-0.3, -0.25) is 4.79 Å². The minimum atomic E-state index is -0.120. The fourth-order valence-electron chi connectivity index (χ4n) is 5.15. The van der Waals surface area contributed by atoms with Crippen molar-refractivity contribution in [2.24, 2.45) is 0 Å². The van der Waals surface area contributed by atoms with E-state index in [1.807, 2.05) is 6.07 Å². The molecule has 2 aliphatic rings. The Balaban J connectivity index is 1.35. The van der Waals surface area contributed by atoms with Crippen molar-refractivity contribution in [3.8, 4) is 0 Å². The van der Waals surface area contributed by atoms with Crippen LogP contribution in [0.2, 0.25) is 0 Å². The number of hydrogen-bond donors (Lipinski definition) is 3. The largest absolute Gasteiger partial charge is 0.348 e. The molecule has 1 saturated carbocycles. The highest BCUT2D eigenvalue weighted by atomic mass is 16.2. The van der Waals surface area contributed by atoms with E-state index in [0.29, 0.717) is 12.1 Å². The van der Waals surface area contributed by atoms with Gasteiger partial charge in [0.25, 0.3) is 5.91 Å². The molecule has 1 atom stereocenters. The van der Waals surface area contributed by atoms with Crippen molar-refractivity contribution in [1.82, 2.24) is 5.32 Å². The van der Waals surface area contributed by atoms with Crippen molar-refractivity contribution in [2.75, 3.05) is 26.2 Å². The zero-order chi connectivity index (χ0) is 21.8. The van der Waals surface area contributed by atoms with Crippen LogP contribution in [-0.4, -0.2) is 38.1 Å². The topological polar surface area (TPSA) is 38.0 Å². The molecule has 5 rings (SSSR count). The van der Waals surface area contributed by atoms with Crippen molar-refractivity contribution in [3.63, 3.8) is 0 Å². The number of carbonyl (C=O) groups is 1. The van der Waals surface area contributed by atoms with Crippen LogP contribution in [0.15, 0.2) is 91.0 Å². The standard InChI is InChI=1S/C28H31N3O/c32-28(29-25-16-17-25)27(24-14-8-3-9-15-24)31-20-18-30(19-21-31)26(22-10-4-1-5-11-22)23-12-6-2-7-13-23/h1-15,25-27H,16-21H2,(H,29,32)/p+2/t27-/m1/s1. The summed E-state index contributed by atoms with van der Waals surface area (Å²) in [6.07, 6.45) is 2.24. The number of hydrogen-bond acceptors (Lipinski definition) is 1. The third-order valence-corrected chi connectivity index (χ3v) is 6.94. The summed E-state index contributed by atoms with van der Waals surface area (Å²) in [6, 6.07) is 32.7. The lowest BCUT2D eigenvalue weighted by atomic mass is 9.96. The maximum Gasteiger partial charge on any atom is 0.283 e. The summed E-state index contributed by atoms with van der Waals surface area (Å²) in [5.74, 6) is 0.194. The van der Waals surface area contributed by atoms with Gasteiger partial charge in [-0.15, -0.1) is 0 Å². The van der Waals surface area contributed by atoms with E-state index >= 15 is 0 Å². The Kier molecular flexibility index (Phi) is 6.33. The molecule has 0 aromatic heterocycles. The van der Waals surface area contributed by atoms with Gasteiger partial charge in [0.1, 0.15) is 32.2 Å². The molecule has 0 bridgehead atoms. The number of amides is 1. The average Bonchev–Trinajstić information content (AvgIpc) is 3.67. The number of piperazine rings is 1. The molecule has 3 N–H and O–H groups in total. The maximum atomic E-state index is 13.2. The quantitative estimate of drug-likeness (QED) is 0.526. The van der Waals surface area contributed by atoms with E-state index in [0.717, 1.165) is 44.6 Å². The molecule has 0 unspecified atom stereocenters. The third kappa shape index (κ3) is 4.77. The zero-order valence-corrected chi connectivity index (χ0v) is 18.5. The normalized spacial score (nSPS) is 21.8. The molecule has 3 aromatic carbocycles. The van der Waals surface area contributed by atoms with Crippen molar-refractivity contribution in [1.29, 1.82) is 0 Å². The first-order valence-corrected chi connectivity index (χ1v) is 11.9. The first-order chi connectivity index (χ1) is 15.8. The first-order valence-electron chi connectivity index (χ1n) is 11.9. The minimum absolute atomic E-state index is 0.120. The summed E-state index contributed by atoms with van der Waals surface area (Å²) >= 11 is 0. The highest BCUT2D eigenvalue weighted by Gasteiger charge is 2.39. The first kappa shape index (κ1) is 20.9. The van der Waals surface area contributed by atoms with Crippen molar-refractivity contribution >= 4 is 5.91 Å². The second-order valence-corrected chi connectivity index (χ2v) is 9.20. The number of rotatable bonds is 7. The zero-order valence-electron chi connectivity index (χ0n) is 18.5. The van der Waals surface area contributed by atoms with Gasteiger partial charge in [0, 0.05) is 22.7 Å². The van der Waals surface area contributed by atoms with Crippen LogP contribution in [-0.2, 0) is 4.79 Å². The van der Waals surface area contributed by atoms with Crippen LogP contribution in [0.4, 0.5) is 0 Å². The van der Waals surface area contributed by atoms with Crippen molar-refractivity contribution < 1.29 is 14.6 Å². The number of carbonyl (C=O) groups excluding carboxylic acids is 1. The molecular formula is C28H33N3O+2. The molecule has 1 heterocycles. The number of nitrogens with one attached hydrogen (secondary N) is 3. The van der Waals surface area contributed by atoms with Gasteiger partial charge >= 0.3 is 0 Å². The van der Waals surface area contributed by atoms with Crippen LogP contribution < -0.4 is 15.1 Å². The summed E-state index contributed by atoms with van der Waals surface area (Å²) in [6.45, 7) is 4.07. The maximum absolute atomic E-state index is 13.2. The second kappa shape index (κ2) is 9.68. The highest BCUT2D eigenvalue weighted by Crippen LogP contribution is 2.21. The highest BCUT2D eigenvalue weighted by molar-refractivity contribution is 5.82. The lowest BCUT2D eigenvalue weighted by Gasteiger charge is -2.37. The molecule has 2 fully saturated rings. The lowest BCUT2D eigenvalue weighted by Crippen LogP contribution is -3.28. The molecular weight excluding hydrogens is 394 g/mol. The molecule has 1 aliphatic carbocycles. The SMILES string of the molecule is O=C(NC1CC1)[C@@H](c1ccccc1)[NH+]1CC[NH+](C(c2ccccc2)c2ccccc2)CC1. The van der Waals surface area contributed by atoms with E-state index < -0.39 is 0 Å². The number of benzene rings is 3. The van der Waals surface area contributed by atoms with Gasteiger partial charge in [0.2, 0.25) is 0 Å². The Morgan fingerprint density at radius 3 is 1.56 bits per heavy atom. The van der Waals surface area contributed by atoms with E-state index in [1.165, 1.54) is 16.0 Å². The van der Waals surface area contributed by atoms with Crippen LogP contribution in [0.3, 0.4) is 0 Å². The molecule has 1 saturated heterocycles. The molecule has 32 heavy (non-hydrogen) atoms.